The van der Waals surface area contributed by atoms with Crippen LogP contribution in [0, 0.1) is 0 Å². The van der Waals surface area contributed by atoms with E-state index in [0.29, 0.717) is 18.5 Å². The van der Waals surface area contributed by atoms with Crippen molar-refractivity contribution in [3.63, 3.8) is 0 Å². The molecule has 1 amide bonds. The van der Waals surface area contributed by atoms with E-state index in [-0.39, 0.29) is 5.91 Å². The molecule has 0 radical (unpaired) electrons. The van der Waals surface area contributed by atoms with Gasteiger partial charge in [-0.15, -0.1) is 0 Å². The van der Waals surface area contributed by atoms with Gasteiger partial charge in [0.05, 0.1) is 0 Å². The van der Waals surface area contributed by atoms with Crippen molar-refractivity contribution in [2.45, 2.75) is 25.3 Å². The molecule has 2 N–H and O–H groups in total. The number of hydrogen-bond donors (Lipinski definition) is 2. The molecule has 1 aromatic carbocycles. The minimum Gasteiger partial charge on any atom is -0.480 e. The van der Waals surface area contributed by atoms with Gasteiger partial charge in [-0.1, -0.05) is 0 Å². The second-order valence-electron chi connectivity index (χ2n) is 5.04. The molecule has 3 rings (SSSR count). The Morgan fingerprint density at radius 3 is 3.00 bits per heavy atom. The number of carbonyl (C=O) groups excluding carboxylic acids is 1. The Balaban J connectivity index is 1.85. The van der Waals surface area contributed by atoms with Crippen LogP contribution >= 0.6 is 0 Å². The van der Waals surface area contributed by atoms with Crippen molar-refractivity contribution >= 4 is 17.6 Å². The fourth-order valence-electron chi connectivity index (χ4n) is 2.87. The fraction of sp³-hybridized carbons (Fsp3) is 0.429. The maximum absolute atomic E-state index is 12.4. The third-order valence-electron chi connectivity index (χ3n) is 3.86. The standard InChI is InChI=1S/C14H16N2O3/c17-13(16-7-1-2-12(16)14(18)19)10-3-4-11-9(8-10)5-6-15-11/h3-4,8,12,15H,1-2,5-7H2,(H,18,19). The highest BCUT2D eigenvalue weighted by Gasteiger charge is 2.34. The molecule has 19 heavy (non-hydrogen) atoms. The fourth-order valence-corrected chi connectivity index (χ4v) is 2.87. The van der Waals surface area contributed by atoms with Crippen LogP contribution in [0.1, 0.15) is 28.8 Å². The largest absolute Gasteiger partial charge is 0.480 e. The predicted molar refractivity (Wildman–Crippen MR) is 70.3 cm³/mol. The first-order valence-corrected chi connectivity index (χ1v) is 6.57. The summed E-state index contributed by atoms with van der Waals surface area (Å²) < 4.78 is 0. The summed E-state index contributed by atoms with van der Waals surface area (Å²) in [5.74, 6) is -1.08. The van der Waals surface area contributed by atoms with Crippen LogP contribution in [0.15, 0.2) is 18.2 Å². The molecule has 2 aliphatic heterocycles. The van der Waals surface area contributed by atoms with Crippen LogP contribution in [0.2, 0.25) is 0 Å². The average Bonchev–Trinajstić information content (AvgIpc) is 3.05. The predicted octanol–water partition coefficient (Wildman–Crippen LogP) is 1.34. The lowest BCUT2D eigenvalue weighted by atomic mass is 10.1. The summed E-state index contributed by atoms with van der Waals surface area (Å²) in [5, 5.41) is 12.4. The zero-order chi connectivity index (χ0) is 13.4. The van der Waals surface area contributed by atoms with E-state index in [9.17, 15) is 9.59 Å². The van der Waals surface area contributed by atoms with Gasteiger partial charge in [0.15, 0.2) is 0 Å². The highest BCUT2D eigenvalue weighted by molar-refractivity contribution is 5.97. The van der Waals surface area contributed by atoms with Gasteiger partial charge in [-0.3, -0.25) is 4.79 Å². The molecule has 1 atom stereocenters. The number of nitrogens with one attached hydrogen (secondary N) is 1. The van der Waals surface area contributed by atoms with Crippen LogP contribution in [-0.2, 0) is 11.2 Å². The number of aliphatic carboxylic acids is 1. The molecule has 5 heteroatoms. The van der Waals surface area contributed by atoms with Gasteiger partial charge in [-0.25, -0.2) is 4.79 Å². The number of likely N-dealkylation sites (tertiary alicyclic amines) is 1. The lowest BCUT2D eigenvalue weighted by Gasteiger charge is -2.21. The first-order chi connectivity index (χ1) is 9.16. The van der Waals surface area contributed by atoms with Crippen LogP contribution < -0.4 is 5.32 Å². The van der Waals surface area contributed by atoms with Gasteiger partial charge in [0.1, 0.15) is 6.04 Å². The van der Waals surface area contributed by atoms with Crippen LogP contribution in [0.5, 0.6) is 0 Å². The van der Waals surface area contributed by atoms with Gasteiger partial charge in [0.25, 0.3) is 5.91 Å². The molecule has 5 nitrogen and oxygen atoms in total. The van der Waals surface area contributed by atoms with E-state index < -0.39 is 12.0 Å². The number of hydrogen-bond acceptors (Lipinski definition) is 3. The molecule has 0 spiro atoms. The summed E-state index contributed by atoms with van der Waals surface area (Å²) in [5.41, 5.74) is 2.81. The van der Waals surface area contributed by atoms with Crippen LogP contribution in [0.3, 0.4) is 0 Å². The Hall–Kier alpha value is -2.04. The number of nitrogens with zero attached hydrogens (tertiary/aromatic N) is 1. The number of fused-ring (bicyclic) bond motifs is 1. The number of rotatable bonds is 2. The minimum absolute atomic E-state index is 0.167. The second-order valence-corrected chi connectivity index (χ2v) is 5.04. The molecule has 1 saturated heterocycles. The van der Waals surface area contributed by atoms with E-state index in [1.165, 1.54) is 4.90 Å². The van der Waals surface area contributed by atoms with Crippen molar-refractivity contribution in [2.75, 3.05) is 18.4 Å². The molecule has 0 bridgehead atoms. The monoisotopic (exact) mass is 260 g/mol. The molecule has 1 fully saturated rings. The van der Waals surface area contributed by atoms with Crippen molar-refractivity contribution in [3.8, 4) is 0 Å². The van der Waals surface area contributed by atoms with Crippen LogP contribution in [0.4, 0.5) is 5.69 Å². The number of carbonyl (C=O) groups is 2. The van der Waals surface area contributed by atoms with Gasteiger partial charge < -0.3 is 15.3 Å². The topological polar surface area (TPSA) is 69.6 Å². The van der Waals surface area contributed by atoms with E-state index in [1.807, 2.05) is 12.1 Å². The molecule has 2 aliphatic rings. The molecule has 0 aliphatic carbocycles. The van der Waals surface area contributed by atoms with E-state index in [1.54, 1.807) is 6.07 Å². The Morgan fingerprint density at radius 2 is 2.21 bits per heavy atom. The molecular weight excluding hydrogens is 244 g/mol. The summed E-state index contributed by atoms with van der Waals surface area (Å²) in [6.07, 6.45) is 2.22. The normalized spacial score (nSPS) is 21.1. The van der Waals surface area contributed by atoms with Crippen LogP contribution in [0.25, 0.3) is 0 Å². The zero-order valence-corrected chi connectivity index (χ0v) is 10.6. The van der Waals surface area contributed by atoms with Crippen molar-refractivity contribution in [3.05, 3.63) is 29.3 Å². The van der Waals surface area contributed by atoms with E-state index in [2.05, 4.69) is 5.32 Å². The Kier molecular flexibility index (Phi) is 2.89. The Labute approximate surface area is 111 Å². The SMILES string of the molecule is O=C(O)C1CCCN1C(=O)c1ccc2c(c1)CCN2. The summed E-state index contributed by atoms with van der Waals surface area (Å²) in [6.45, 7) is 1.43. The zero-order valence-electron chi connectivity index (χ0n) is 10.6. The maximum Gasteiger partial charge on any atom is 0.326 e. The third kappa shape index (κ3) is 2.05. The third-order valence-corrected chi connectivity index (χ3v) is 3.86. The molecule has 0 saturated carbocycles. The highest BCUT2D eigenvalue weighted by Crippen LogP contribution is 2.26. The molecule has 1 unspecified atom stereocenters. The van der Waals surface area contributed by atoms with E-state index in [0.717, 1.165) is 30.6 Å². The molecule has 0 aromatic heterocycles. The van der Waals surface area contributed by atoms with Gasteiger partial charge in [-0.05, 0) is 43.0 Å². The maximum atomic E-state index is 12.4. The molecular formula is C14H16N2O3. The number of carboxylic acids is 1. The lowest BCUT2D eigenvalue weighted by Crippen LogP contribution is -2.40. The number of anilines is 1. The number of amides is 1. The summed E-state index contributed by atoms with van der Waals surface area (Å²) in [7, 11) is 0. The van der Waals surface area contributed by atoms with E-state index >= 15 is 0 Å². The van der Waals surface area contributed by atoms with Crippen molar-refractivity contribution in [1.82, 2.24) is 4.90 Å². The van der Waals surface area contributed by atoms with E-state index in [4.69, 9.17) is 5.11 Å². The Bertz CT molecular complexity index is 541. The number of carboxylic acid groups (broad SMARTS) is 1. The summed E-state index contributed by atoms with van der Waals surface area (Å²) in [4.78, 5) is 25.0. The summed E-state index contributed by atoms with van der Waals surface area (Å²) >= 11 is 0. The van der Waals surface area contributed by atoms with Crippen molar-refractivity contribution in [2.24, 2.45) is 0 Å². The lowest BCUT2D eigenvalue weighted by molar-refractivity contribution is -0.141. The van der Waals surface area contributed by atoms with Gasteiger partial charge >= 0.3 is 5.97 Å². The van der Waals surface area contributed by atoms with Crippen molar-refractivity contribution in [1.29, 1.82) is 0 Å². The molecule has 100 valence electrons. The molecule has 2 heterocycles. The average molecular weight is 260 g/mol. The quantitative estimate of drug-likeness (QED) is 0.842. The molecule has 1 aromatic rings. The van der Waals surface area contributed by atoms with Gasteiger partial charge in [0.2, 0.25) is 0 Å². The number of benzene rings is 1. The first-order valence-electron chi connectivity index (χ1n) is 6.57. The van der Waals surface area contributed by atoms with Gasteiger partial charge in [0, 0.05) is 24.3 Å². The minimum atomic E-state index is -0.909. The van der Waals surface area contributed by atoms with Gasteiger partial charge in [-0.2, -0.15) is 0 Å². The second kappa shape index (κ2) is 4.57. The Morgan fingerprint density at radius 1 is 1.37 bits per heavy atom. The summed E-state index contributed by atoms with van der Waals surface area (Å²) in [6, 6.07) is 4.89. The first kappa shape index (κ1) is 12.0. The highest BCUT2D eigenvalue weighted by atomic mass is 16.4. The van der Waals surface area contributed by atoms with Crippen molar-refractivity contribution < 1.29 is 14.7 Å². The van der Waals surface area contributed by atoms with Crippen LogP contribution in [-0.4, -0.2) is 41.0 Å². The smallest absolute Gasteiger partial charge is 0.326 e.